The van der Waals surface area contributed by atoms with E-state index < -0.39 is 23.3 Å². The molecule has 1 amide bonds. The zero-order valence-electron chi connectivity index (χ0n) is 18.1. The maximum Gasteiger partial charge on any atom is 0.337 e. The van der Waals surface area contributed by atoms with E-state index in [0.29, 0.717) is 24.1 Å². The number of hydrogen-bond donors (Lipinski definition) is 0. The Morgan fingerprint density at radius 2 is 1.88 bits per heavy atom. The maximum absolute atomic E-state index is 13.8. The van der Waals surface area contributed by atoms with Crippen LogP contribution in [-0.4, -0.2) is 56.0 Å². The Labute approximate surface area is 184 Å². The summed E-state index contributed by atoms with van der Waals surface area (Å²) in [6.45, 7) is 1.15. The van der Waals surface area contributed by atoms with Crippen LogP contribution in [0.25, 0.3) is 11.0 Å². The number of carbonyl (C=O) groups excluding carboxylic acids is 2. The van der Waals surface area contributed by atoms with E-state index in [0.717, 1.165) is 12.6 Å². The lowest BCUT2D eigenvalue weighted by Gasteiger charge is -2.25. The number of esters is 1. The Morgan fingerprint density at radius 3 is 2.53 bits per heavy atom. The maximum atomic E-state index is 13.8. The summed E-state index contributed by atoms with van der Waals surface area (Å²) < 4.78 is 24.4. The summed E-state index contributed by atoms with van der Waals surface area (Å²) in [6, 6.07) is 9.52. The molecule has 0 radical (unpaired) electrons. The molecule has 3 aromatic rings. The van der Waals surface area contributed by atoms with Gasteiger partial charge in [0, 0.05) is 6.54 Å². The number of rotatable bonds is 6. The molecule has 0 spiro atoms. The molecule has 1 atom stereocenters. The molecular formula is C24H23FN2O5. The monoisotopic (exact) mass is 438 g/mol. The predicted octanol–water partition coefficient (Wildman–Crippen LogP) is 3.22. The quantitative estimate of drug-likeness (QED) is 0.550. The summed E-state index contributed by atoms with van der Waals surface area (Å²) in [5.41, 5.74) is 0.915. The lowest BCUT2D eigenvalue weighted by atomic mass is 9.97. The van der Waals surface area contributed by atoms with Crippen molar-refractivity contribution in [3.63, 3.8) is 0 Å². The van der Waals surface area contributed by atoms with E-state index in [9.17, 15) is 18.8 Å². The molecule has 2 aromatic carbocycles. The molecule has 4 rings (SSSR count). The highest BCUT2D eigenvalue weighted by atomic mass is 19.1. The van der Waals surface area contributed by atoms with Crippen molar-refractivity contribution in [2.75, 3.05) is 34.3 Å². The van der Waals surface area contributed by atoms with E-state index in [4.69, 9.17) is 9.15 Å². The van der Waals surface area contributed by atoms with Gasteiger partial charge in [-0.15, -0.1) is 0 Å². The first-order valence-electron chi connectivity index (χ1n) is 10.2. The van der Waals surface area contributed by atoms with Gasteiger partial charge in [-0.05, 0) is 63.0 Å². The zero-order chi connectivity index (χ0) is 23.0. The molecule has 0 fully saturated rings. The van der Waals surface area contributed by atoms with Crippen molar-refractivity contribution in [1.82, 2.24) is 9.80 Å². The molecule has 0 N–H and O–H groups in total. The van der Waals surface area contributed by atoms with E-state index in [2.05, 4.69) is 0 Å². The number of ether oxygens (including phenoxy) is 1. The number of fused-ring (bicyclic) bond motifs is 2. The number of nitrogens with zero attached hydrogens (tertiary/aromatic N) is 2. The molecule has 0 unspecified atom stereocenters. The fourth-order valence-corrected chi connectivity index (χ4v) is 4.05. The number of amides is 1. The standard InChI is InChI=1S/C24H23FN2O5/c1-26(2)11-4-12-27-20(14-5-7-15(8-6-14)24(30)31-3)19-21(28)17-13-16(25)9-10-18(17)32-22(19)23(27)29/h5-10,13,20H,4,11-12H2,1-3H3/t20-/m0/s1. The van der Waals surface area contributed by atoms with Gasteiger partial charge in [0.1, 0.15) is 11.4 Å². The lowest BCUT2D eigenvalue weighted by molar-refractivity contribution is 0.0600. The van der Waals surface area contributed by atoms with Crippen molar-refractivity contribution in [3.8, 4) is 0 Å². The first-order valence-corrected chi connectivity index (χ1v) is 10.2. The minimum atomic E-state index is -0.699. The van der Waals surface area contributed by atoms with Gasteiger partial charge in [0.25, 0.3) is 5.91 Å². The second-order valence-electron chi connectivity index (χ2n) is 7.99. The van der Waals surface area contributed by atoms with Gasteiger partial charge in [-0.2, -0.15) is 0 Å². The Hall–Kier alpha value is -3.52. The van der Waals surface area contributed by atoms with Gasteiger partial charge < -0.3 is 19.0 Å². The van der Waals surface area contributed by atoms with Gasteiger partial charge in [-0.25, -0.2) is 9.18 Å². The summed E-state index contributed by atoms with van der Waals surface area (Å²) in [5, 5.41) is 0.0860. The Balaban J connectivity index is 1.85. The topological polar surface area (TPSA) is 80.1 Å². The van der Waals surface area contributed by atoms with Gasteiger partial charge in [0.05, 0.1) is 29.7 Å². The molecule has 1 aliphatic heterocycles. The van der Waals surface area contributed by atoms with Crippen molar-refractivity contribution in [2.24, 2.45) is 0 Å². The van der Waals surface area contributed by atoms with Crippen LogP contribution in [0, 0.1) is 5.82 Å². The van der Waals surface area contributed by atoms with Crippen LogP contribution in [0.3, 0.4) is 0 Å². The molecule has 1 aliphatic rings. The van der Waals surface area contributed by atoms with E-state index in [1.165, 1.54) is 19.2 Å². The second-order valence-corrected chi connectivity index (χ2v) is 7.99. The Bertz CT molecular complexity index is 1250. The Kier molecular flexibility index (Phi) is 5.80. The van der Waals surface area contributed by atoms with E-state index >= 15 is 0 Å². The van der Waals surface area contributed by atoms with Crippen LogP contribution >= 0.6 is 0 Å². The van der Waals surface area contributed by atoms with Crippen molar-refractivity contribution in [3.05, 3.63) is 81.0 Å². The van der Waals surface area contributed by atoms with E-state index in [1.54, 1.807) is 29.2 Å². The molecule has 0 aliphatic carbocycles. The highest BCUT2D eigenvalue weighted by Crippen LogP contribution is 2.38. The van der Waals surface area contributed by atoms with Gasteiger partial charge in [-0.1, -0.05) is 12.1 Å². The molecule has 32 heavy (non-hydrogen) atoms. The van der Waals surface area contributed by atoms with E-state index in [-0.39, 0.29) is 28.2 Å². The smallest absolute Gasteiger partial charge is 0.337 e. The predicted molar refractivity (Wildman–Crippen MR) is 116 cm³/mol. The SMILES string of the molecule is COC(=O)c1ccc([C@H]2c3c(oc4ccc(F)cc4c3=O)C(=O)N2CCCN(C)C)cc1. The molecule has 0 saturated carbocycles. The molecule has 0 saturated heterocycles. The van der Waals surface area contributed by atoms with Crippen molar-refractivity contribution in [2.45, 2.75) is 12.5 Å². The molecule has 1 aromatic heterocycles. The van der Waals surface area contributed by atoms with Crippen LogP contribution in [-0.2, 0) is 4.74 Å². The minimum absolute atomic E-state index is 0.0268. The van der Waals surface area contributed by atoms with Crippen LogP contribution in [0.1, 0.15) is 44.5 Å². The molecular weight excluding hydrogens is 415 g/mol. The molecule has 8 heteroatoms. The van der Waals surface area contributed by atoms with Crippen molar-refractivity contribution in [1.29, 1.82) is 0 Å². The fourth-order valence-electron chi connectivity index (χ4n) is 4.05. The van der Waals surface area contributed by atoms with Crippen LogP contribution in [0.4, 0.5) is 4.39 Å². The number of halogens is 1. The summed E-state index contributed by atoms with van der Waals surface area (Å²) >= 11 is 0. The lowest BCUT2D eigenvalue weighted by Crippen LogP contribution is -2.32. The number of methoxy groups -OCH3 is 1. The summed E-state index contributed by atoms with van der Waals surface area (Å²) in [5.74, 6) is -1.45. The van der Waals surface area contributed by atoms with Gasteiger partial charge in [-0.3, -0.25) is 9.59 Å². The Morgan fingerprint density at radius 1 is 1.16 bits per heavy atom. The summed E-state index contributed by atoms with van der Waals surface area (Å²) in [6.07, 6.45) is 0.686. The summed E-state index contributed by atoms with van der Waals surface area (Å²) in [7, 11) is 5.18. The van der Waals surface area contributed by atoms with Gasteiger partial charge in [0.2, 0.25) is 5.76 Å². The second kappa shape index (κ2) is 8.55. The van der Waals surface area contributed by atoms with Gasteiger partial charge >= 0.3 is 5.97 Å². The van der Waals surface area contributed by atoms with Crippen molar-refractivity contribution >= 4 is 22.8 Å². The largest absolute Gasteiger partial charge is 0.465 e. The highest BCUT2D eigenvalue weighted by Gasteiger charge is 2.42. The van der Waals surface area contributed by atoms with Gasteiger partial charge in [0.15, 0.2) is 5.43 Å². The van der Waals surface area contributed by atoms with E-state index in [1.807, 2.05) is 19.0 Å². The number of benzene rings is 2. The van der Waals surface area contributed by atoms with Crippen LogP contribution in [0.2, 0.25) is 0 Å². The summed E-state index contributed by atoms with van der Waals surface area (Å²) in [4.78, 5) is 42.0. The molecule has 166 valence electrons. The number of hydrogen-bond acceptors (Lipinski definition) is 6. The number of carbonyl (C=O) groups is 2. The average molecular weight is 438 g/mol. The molecule has 2 heterocycles. The van der Waals surface area contributed by atoms with Crippen LogP contribution in [0.5, 0.6) is 0 Å². The first kappa shape index (κ1) is 21.7. The minimum Gasteiger partial charge on any atom is -0.465 e. The van der Waals surface area contributed by atoms with Crippen LogP contribution < -0.4 is 5.43 Å². The zero-order valence-corrected chi connectivity index (χ0v) is 18.1. The fraction of sp³-hybridized carbons (Fsp3) is 0.292. The molecule has 7 nitrogen and oxygen atoms in total. The first-order chi connectivity index (χ1) is 15.3. The average Bonchev–Trinajstić information content (AvgIpc) is 3.06. The third-order valence-corrected chi connectivity index (χ3v) is 5.58. The van der Waals surface area contributed by atoms with Crippen LogP contribution in [0.15, 0.2) is 51.7 Å². The third kappa shape index (κ3) is 3.78. The highest BCUT2D eigenvalue weighted by molar-refractivity contribution is 5.99. The third-order valence-electron chi connectivity index (χ3n) is 5.58. The van der Waals surface area contributed by atoms with Crippen molar-refractivity contribution < 1.29 is 23.1 Å². The molecule has 0 bridgehead atoms. The normalized spacial score (nSPS) is 15.5.